The maximum atomic E-state index is 12.8. The van der Waals surface area contributed by atoms with Crippen LogP contribution in [0, 0.1) is 0 Å². The number of ether oxygens (including phenoxy) is 2. The molecule has 1 N–H and O–H groups in total. The summed E-state index contributed by atoms with van der Waals surface area (Å²) in [6, 6.07) is 4.21. The topological polar surface area (TPSA) is 93.6 Å². The molecule has 1 aromatic carbocycles. The SMILES string of the molecule is COc1ccc2c(=O)[nH]n(C(=O)[C@H]3CCN3C(=O)OC(C)(C)C)c2c1. The number of hydrogen-bond donors (Lipinski definition) is 1. The monoisotopic (exact) mass is 347 g/mol. The highest BCUT2D eigenvalue weighted by atomic mass is 16.6. The summed E-state index contributed by atoms with van der Waals surface area (Å²) in [6.45, 7) is 5.75. The molecule has 0 saturated carbocycles. The minimum Gasteiger partial charge on any atom is -0.497 e. The molecule has 134 valence electrons. The first-order chi connectivity index (χ1) is 11.7. The number of carbonyl (C=O) groups is 2. The lowest BCUT2D eigenvalue weighted by atomic mass is 10.0. The predicted molar refractivity (Wildman–Crippen MR) is 91.1 cm³/mol. The molecule has 0 bridgehead atoms. The van der Waals surface area contributed by atoms with Crippen LogP contribution in [0.25, 0.3) is 10.9 Å². The predicted octanol–water partition coefficient (Wildman–Crippen LogP) is 1.99. The van der Waals surface area contributed by atoms with Crippen molar-refractivity contribution in [2.24, 2.45) is 0 Å². The van der Waals surface area contributed by atoms with Crippen LogP contribution in [0.2, 0.25) is 0 Å². The Balaban J connectivity index is 1.90. The Kier molecular flexibility index (Phi) is 4.06. The van der Waals surface area contributed by atoms with Gasteiger partial charge in [-0.25, -0.2) is 9.48 Å². The van der Waals surface area contributed by atoms with Crippen molar-refractivity contribution in [3.8, 4) is 5.75 Å². The molecular weight excluding hydrogens is 326 g/mol. The second-order valence-corrected chi connectivity index (χ2v) is 6.98. The number of carbonyl (C=O) groups excluding carboxylic acids is 2. The molecule has 2 heterocycles. The molecule has 2 aromatic rings. The van der Waals surface area contributed by atoms with Crippen molar-refractivity contribution in [2.45, 2.75) is 38.8 Å². The van der Waals surface area contributed by atoms with E-state index < -0.39 is 17.7 Å². The summed E-state index contributed by atoms with van der Waals surface area (Å²) in [7, 11) is 1.51. The van der Waals surface area contributed by atoms with Gasteiger partial charge in [-0.15, -0.1) is 0 Å². The quantitative estimate of drug-likeness (QED) is 0.897. The van der Waals surface area contributed by atoms with E-state index in [1.807, 2.05) is 0 Å². The molecule has 0 spiro atoms. The normalized spacial score (nSPS) is 17.3. The molecule has 1 saturated heterocycles. The Labute approximate surface area is 144 Å². The first-order valence-corrected chi connectivity index (χ1v) is 8.04. The van der Waals surface area contributed by atoms with Gasteiger partial charge in [0.25, 0.3) is 11.5 Å². The Morgan fingerprint density at radius 3 is 2.56 bits per heavy atom. The van der Waals surface area contributed by atoms with Gasteiger partial charge in [-0.1, -0.05) is 0 Å². The van der Waals surface area contributed by atoms with Crippen molar-refractivity contribution < 1.29 is 19.1 Å². The van der Waals surface area contributed by atoms with E-state index in [1.165, 1.54) is 16.7 Å². The van der Waals surface area contributed by atoms with Gasteiger partial charge in [0.15, 0.2) is 0 Å². The molecule has 0 aliphatic carbocycles. The molecule has 1 amide bonds. The molecule has 1 aromatic heterocycles. The van der Waals surface area contributed by atoms with E-state index in [4.69, 9.17) is 9.47 Å². The maximum Gasteiger partial charge on any atom is 0.410 e. The van der Waals surface area contributed by atoms with E-state index in [9.17, 15) is 14.4 Å². The average molecular weight is 347 g/mol. The van der Waals surface area contributed by atoms with Crippen LogP contribution in [0.1, 0.15) is 32.0 Å². The van der Waals surface area contributed by atoms with Crippen molar-refractivity contribution >= 4 is 22.9 Å². The molecule has 1 atom stereocenters. The van der Waals surface area contributed by atoms with Gasteiger partial charge in [-0.05, 0) is 39.3 Å². The van der Waals surface area contributed by atoms with Crippen molar-refractivity contribution in [1.29, 1.82) is 0 Å². The van der Waals surface area contributed by atoms with Crippen LogP contribution in [-0.4, -0.2) is 52.0 Å². The number of rotatable bonds is 2. The fraction of sp³-hybridized carbons (Fsp3) is 0.471. The molecule has 25 heavy (non-hydrogen) atoms. The highest BCUT2D eigenvalue weighted by Gasteiger charge is 2.41. The van der Waals surface area contributed by atoms with Crippen LogP contribution in [0.4, 0.5) is 4.79 Å². The minimum absolute atomic E-state index is 0.367. The number of H-pyrrole nitrogens is 1. The molecule has 1 fully saturated rings. The number of benzene rings is 1. The van der Waals surface area contributed by atoms with Gasteiger partial charge in [-0.2, -0.15) is 0 Å². The number of hydrogen-bond acceptors (Lipinski definition) is 5. The van der Waals surface area contributed by atoms with Crippen molar-refractivity contribution in [3.63, 3.8) is 0 Å². The molecule has 1 aliphatic heterocycles. The zero-order chi connectivity index (χ0) is 18.4. The van der Waals surface area contributed by atoms with Gasteiger partial charge < -0.3 is 9.47 Å². The lowest BCUT2D eigenvalue weighted by molar-refractivity contribution is -0.00501. The third kappa shape index (κ3) is 3.11. The van der Waals surface area contributed by atoms with E-state index >= 15 is 0 Å². The summed E-state index contributed by atoms with van der Waals surface area (Å²) in [5.74, 6) is 0.156. The van der Waals surface area contributed by atoms with E-state index in [1.54, 1.807) is 39.0 Å². The average Bonchev–Trinajstić information content (AvgIpc) is 2.80. The van der Waals surface area contributed by atoms with Crippen LogP contribution in [0.15, 0.2) is 23.0 Å². The standard InChI is InChI=1S/C17H21N3O5/c1-17(2,3)25-16(23)19-8-7-12(19)15(22)20-13-9-10(24-4)5-6-11(13)14(21)18-20/h5-6,9,12H,7-8H2,1-4H3,(H,18,21)/t12-/m1/s1. The molecule has 3 rings (SSSR count). The number of amides is 1. The van der Waals surface area contributed by atoms with E-state index in [0.717, 1.165) is 0 Å². The van der Waals surface area contributed by atoms with Gasteiger partial charge in [0.05, 0.1) is 18.0 Å². The largest absolute Gasteiger partial charge is 0.497 e. The third-order valence-electron chi connectivity index (χ3n) is 4.06. The minimum atomic E-state index is -0.660. The summed E-state index contributed by atoms with van der Waals surface area (Å²) in [5, 5.41) is 2.92. The molecule has 0 radical (unpaired) electrons. The van der Waals surface area contributed by atoms with Crippen LogP contribution in [-0.2, 0) is 4.74 Å². The second-order valence-electron chi connectivity index (χ2n) is 6.98. The number of aromatic amines is 1. The number of likely N-dealkylation sites (tertiary alicyclic amines) is 1. The number of fused-ring (bicyclic) bond motifs is 1. The summed E-state index contributed by atoms with van der Waals surface area (Å²) in [4.78, 5) is 38.5. The molecule has 0 unspecified atom stereocenters. The number of methoxy groups -OCH3 is 1. The van der Waals surface area contributed by atoms with Gasteiger partial charge in [0.2, 0.25) is 0 Å². The smallest absolute Gasteiger partial charge is 0.410 e. The fourth-order valence-corrected chi connectivity index (χ4v) is 2.74. The number of aromatic nitrogens is 2. The Morgan fingerprint density at radius 1 is 1.28 bits per heavy atom. The zero-order valence-electron chi connectivity index (χ0n) is 14.7. The number of nitrogens with zero attached hydrogens (tertiary/aromatic N) is 2. The van der Waals surface area contributed by atoms with Crippen molar-refractivity contribution in [1.82, 2.24) is 14.7 Å². The molecule has 8 heteroatoms. The first-order valence-electron chi connectivity index (χ1n) is 8.04. The van der Waals surface area contributed by atoms with Crippen molar-refractivity contribution in [3.05, 3.63) is 28.6 Å². The summed E-state index contributed by atoms with van der Waals surface area (Å²) in [5.41, 5.74) is -0.582. The van der Waals surface area contributed by atoms with Gasteiger partial charge in [0, 0.05) is 12.6 Å². The van der Waals surface area contributed by atoms with Crippen LogP contribution in [0.3, 0.4) is 0 Å². The number of nitrogens with one attached hydrogen (secondary N) is 1. The second kappa shape index (κ2) is 5.94. The summed E-state index contributed by atoms with van der Waals surface area (Å²) in [6.07, 6.45) is -0.0162. The Bertz CT molecular complexity index is 890. The van der Waals surface area contributed by atoms with Crippen LogP contribution >= 0.6 is 0 Å². The molecule has 8 nitrogen and oxygen atoms in total. The Morgan fingerprint density at radius 2 is 2.00 bits per heavy atom. The van der Waals surface area contributed by atoms with Gasteiger partial charge in [-0.3, -0.25) is 19.6 Å². The highest BCUT2D eigenvalue weighted by molar-refractivity contribution is 5.96. The lowest BCUT2D eigenvalue weighted by Crippen LogP contribution is -2.57. The Hall–Kier alpha value is -2.77. The lowest BCUT2D eigenvalue weighted by Gasteiger charge is -2.40. The van der Waals surface area contributed by atoms with Crippen LogP contribution < -0.4 is 10.3 Å². The van der Waals surface area contributed by atoms with E-state index in [-0.39, 0.29) is 11.5 Å². The van der Waals surface area contributed by atoms with E-state index in [0.29, 0.717) is 29.6 Å². The van der Waals surface area contributed by atoms with E-state index in [2.05, 4.69) is 5.10 Å². The first kappa shape index (κ1) is 17.1. The fourth-order valence-electron chi connectivity index (χ4n) is 2.74. The van der Waals surface area contributed by atoms with Gasteiger partial charge >= 0.3 is 6.09 Å². The third-order valence-corrected chi connectivity index (χ3v) is 4.06. The maximum absolute atomic E-state index is 12.8. The molecular formula is C17H21N3O5. The highest BCUT2D eigenvalue weighted by Crippen LogP contribution is 2.24. The summed E-state index contributed by atoms with van der Waals surface area (Å²) < 4.78 is 11.7. The van der Waals surface area contributed by atoms with Crippen LogP contribution in [0.5, 0.6) is 5.75 Å². The molecule has 1 aliphatic rings. The zero-order valence-corrected chi connectivity index (χ0v) is 14.7. The van der Waals surface area contributed by atoms with Gasteiger partial charge in [0.1, 0.15) is 17.4 Å². The van der Waals surface area contributed by atoms with Crippen molar-refractivity contribution in [2.75, 3.05) is 13.7 Å². The summed E-state index contributed by atoms with van der Waals surface area (Å²) >= 11 is 0.